The van der Waals surface area contributed by atoms with Crippen LogP contribution in [0.1, 0.15) is 20.7 Å². The predicted octanol–water partition coefficient (Wildman–Crippen LogP) is 4.16. The monoisotopic (exact) mass is 397 g/mol. The average Bonchev–Trinajstić information content (AvgIpc) is 2.41. The summed E-state index contributed by atoms with van der Waals surface area (Å²) < 4.78 is 1.20. The van der Waals surface area contributed by atoms with Crippen LogP contribution in [0.15, 0.2) is 51.4 Å². The molecule has 0 unspecified atom stereocenters. The van der Waals surface area contributed by atoms with Crippen molar-refractivity contribution in [3.63, 3.8) is 0 Å². The van der Waals surface area contributed by atoms with Crippen LogP contribution < -0.4 is 5.32 Å². The number of benzene rings is 2. The van der Waals surface area contributed by atoms with Crippen LogP contribution in [0.4, 0.5) is 5.69 Å². The summed E-state index contributed by atoms with van der Waals surface area (Å²) in [6.07, 6.45) is 0. The topological polar surface area (TPSA) is 66.4 Å². The van der Waals surface area contributed by atoms with Gasteiger partial charge in [0, 0.05) is 8.95 Å². The Morgan fingerprint density at radius 2 is 1.70 bits per heavy atom. The van der Waals surface area contributed by atoms with Crippen molar-refractivity contribution in [1.82, 2.24) is 0 Å². The van der Waals surface area contributed by atoms with Gasteiger partial charge in [0.1, 0.15) is 0 Å². The Bertz CT molecular complexity index is 686. The first-order valence-electron chi connectivity index (χ1n) is 5.58. The zero-order valence-corrected chi connectivity index (χ0v) is 13.2. The molecular formula is C14H9Br2NO3. The number of halogens is 2. The molecule has 0 fully saturated rings. The Kier molecular flexibility index (Phi) is 4.57. The summed E-state index contributed by atoms with van der Waals surface area (Å²) in [5.74, 6) is -1.30. The summed E-state index contributed by atoms with van der Waals surface area (Å²) >= 11 is 6.55. The Morgan fingerprint density at radius 3 is 2.30 bits per heavy atom. The van der Waals surface area contributed by atoms with E-state index in [1.165, 1.54) is 12.1 Å². The lowest BCUT2D eigenvalue weighted by Crippen LogP contribution is -2.13. The molecule has 0 radical (unpaired) electrons. The van der Waals surface area contributed by atoms with Gasteiger partial charge in [0.05, 0.1) is 16.8 Å². The van der Waals surface area contributed by atoms with E-state index in [9.17, 15) is 9.59 Å². The quantitative estimate of drug-likeness (QED) is 0.815. The van der Waals surface area contributed by atoms with Crippen LogP contribution in [0.25, 0.3) is 0 Å². The number of carboxylic acids is 1. The molecule has 2 aromatic rings. The first-order valence-corrected chi connectivity index (χ1v) is 7.16. The number of hydrogen-bond acceptors (Lipinski definition) is 2. The predicted molar refractivity (Wildman–Crippen MR) is 83.2 cm³/mol. The molecule has 0 saturated carbocycles. The zero-order chi connectivity index (χ0) is 14.7. The van der Waals surface area contributed by atoms with E-state index in [-0.39, 0.29) is 11.5 Å². The van der Waals surface area contributed by atoms with Crippen molar-refractivity contribution in [3.05, 3.63) is 62.5 Å². The molecule has 0 aromatic heterocycles. The number of amides is 1. The molecule has 0 aliphatic heterocycles. The van der Waals surface area contributed by atoms with Crippen LogP contribution in [-0.2, 0) is 0 Å². The molecule has 1 amide bonds. The molecule has 4 nitrogen and oxygen atoms in total. The van der Waals surface area contributed by atoms with E-state index in [0.717, 1.165) is 0 Å². The third-order valence-corrected chi connectivity index (χ3v) is 3.93. The smallest absolute Gasteiger partial charge is 0.335 e. The lowest BCUT2D eigenvalue weighted by atomic mass is 10.2. The minimum absolute atomic E-state index is 0.149. The van der Waals surface area contributed by atoms with Gasteiger partial charge in [-0.3, -0.25) is 4.79 Å². The molecule has 2 N–H and O–H groups in total. The van der Waals surface area contributed by atoms with Crippen molar-refractivity contribution >= 4 is 49.4 Å². The zero-order valence-electron chi connectivity index (χ0n) is 10.1. The van der Waals surface area contributed by atoms with Gasteiger partial charge in [0.2, 0.25) is 0 Å². The Hall–Kier alpha value is -1.66. The Balaban J connectivity index is 2.25. The molecule has 2 rings (SSSR count). The van der Waals surface area contributed by atoms with Gasteiger partial charge in [-0.1, -0.05) is 12.1 Å². The molecule has 0 bridgehead atoms. The fourth-order valence-corrected chi connectivity index (χ4v) is 2.53. The molecule has 2 aromatic carbocycles. The van der Waals surface area contributed by atoms with Crippen LogP contribution in [0, 0.1) is 0 Å². The van der Waals surface area contributed by atoms with Gasteiger partial charge >= 0.3 is 5.97 Å². The number of nitrogens with one attached hydrogen (secondary N) is 1. The highest BCUT2D eigenvalue weighted by molar-refractivity contribution is 9.11. The van der Waals surface area contributed by atoms with Crippen LogP contribution >= 0.6 is 31.9 Å². The first-order chi connectivity index (χ1) is 9.49. The lowest BCUT2D eigenvalue weighted by Gasteiger charge is -2.09. The number of rotatable bonds is 3. The highest BCUT2D eigenvalue weighted by Gasteiger charge is 2.12. The molecule has 102 valence electrons. The summed E-state index contributed by atoms with van der Waals surface area (Å²) in [6, 6.07) is 11.5. The van der Waals surface area contributed by atoms with Gasteiger partial charge in [0.25, 0.3) is 5.91 Å². The maximum atomic E-state index is 12.1. The Labute approximate surface area is 132 Å². The second-order valence-electron chi connectivity index (χ2n) is 3.93. The second-order valence-corrected chi connectivity index (χ2v) is 5.64. The van der Waals surface area contributed by atoms with E-state index in [1.54, 1.807) is 24.3 Å². The van der Waals surface area contributed by atoms with Crippen LogP contribution in [0.2, 0.25) is 0 Å². The van der Waals surface area contributed by atoms with Crippen molar-refractivity contribution in [3.8, 4) is 0 Å². The Morgan fingerprint density at radius 1 is 1.00 bits per heavy atom. The van der Waals surface area contributed by atoms with Crippen molar-refractivity contribution in [2.24, 2.45) is 0 Å². The van der Waals surface area contributed by atoms with Crippen LogP contribution in [0.5, 0.6) is 0 Å². The van der Waals surface area contributed by atoms with Gasteiger partial charge < -0.3 is 10.4 Å². The molecule has 20 heavy (non-hydrogen) atoms. The molecule has 0 aliphatic rings. The van der Waals surface area contributed by atoms with E-state index in [2.05, 4.69) is 37.2 Å². The minimum atomic E-state index is -1.02. The summed E-state index contributed by atoms with van der Waals surface area (Å²) in [6.45, 7) is 0. The third kappa shape index (κ3) is 3.26. The van der Waals surface area contributed by atoms with Gasteiger partial charge in [-0.2, -0.15) is 0 Å². The van der Waals surface area contributed by atoms with Crippen molar-refractivity contribution in [1.29, 1.82) is 0 Å². The SMILES string of the molecule is O=C(O)c1ccc(NC(=O)c2ccccc2Br)c(Br)c1. The molecule has 0 heterocycles. The standard InChI is InChI=1S/C14H9Br2NO3/c15-10-4-2-1-3-9(10)13(18)17-12-6-5-8(14(19)20)7-11(12)16/h1-7H,(H,17,18)(H,19,20). The fourth-order valence-electron chi connectivity index (χ4n) is 1.58. The van der Waals surface area contributed by atoms with E-state index in [1.807, 2.05) is 6.07 Å². The maximum absolute atomic E-state index is 12.1. The van der Waals surface area contributed by atoms with Gasteiger partial charge in [-0.15, -0.1) is 0 Å². The van der Waals surface area contributed by atoms with Gasteiger partial charge in [-0.25, -0.2) is 4.79 Å². The van der Waals surface area contributed by atoms with Crippen LogP contribution in [0.3, 0.4) is 0 Å². The largest absolute Gasteiger partial charge is 0.478 e. The van der Waals surface area contributed by atoms with E-state index < -0.39 is 5.97 Å². The second kappa shape index (κ2) is 6.19. The summed E-state index contributed by atoms with van der Waals surface area (Å²) in [4.78, 5) is 23.0. The molecule has 0 atom stereocenters. The molecule has 0 aliphatic carbocycles. The number of hydrogen-bond donors (Lipinski definition) is 2. The minimum Gasteiger partial charge on any atom is -0.478 e. The number of carbonyl (C=O) groups is 2. The summed E-state index contributed by atoms with van der Waals surface area (Å²) in [7, 11) is 0. The third-order valence-electron chi connectivity index (χ3n) is 2.58. The highest BCUT2D eigenvalue weighted by atomic mass is 79.9. The highest BCUT2D eigenvalue weighted by Crippen LogP contribution is 2.25. The number of aromatic carboxylic acids is 1. The first kappa shape index (κ1) is 14.7. The van der Waals surface area contributed by atoms with Gasteiger partial charge in [0.15, 0.2) is 0 Å². The van der Waals surface area contributed by atoms with Crippen molar-refractivity contribution < 1.29 is 14.7 Å². The van der Waals surface area contributed by atoms with Crippen molar-refractivity contribution in [2.75, 3.05) is 5.32 Å². The molecule has 6 heteroatoms. The average molecular weight is 399 g/mol. The van der Waals surface area contributed by atoms with E-state index >= 15 is 0 Å². The molecular weight excluding hydrogens is 390 g/mol. The molecule has 0 spiro atoms. The number of carbonyl (C=O) groups excluding carboxylic acids is 1. The normalized spacial score (nSPS) is 10.1. The number of carboxylic acid groups (broad SMARTS) is 1. The lowest BCUT2D eigenvalue weighted by molar-refractivity contribution is 0.0696. The number of anilines is 1. The van der Waals surface area contributed by atoms with E-state index in [4.69, 9.17) is 5.11 Å². The van der Waals surface area contributed by atoms with Gasteiger partial charge in [-0.05, 0) is 62.2 Å². The molecule has 0 saturated heterocycles. The summed E-state index contributed by atoms with van der Waals surface area (Å²) in [5, 5.41) is 11.6. The van der Waals surface area contributed by atoms with Crippen LogP contribution in [-0.4, -0.2) is 17.0 Å². The van der Waals surface area contributed by atoms with Crippen molar-refractivity contribution in [2.45, 2.75) is 0 Å². The maximum Gasteiger partial charge on any atom is 0.335 e. The van der Waals surface area contributed by atoms with E-state index in [0.29, 0.717) is 20.2 Å². The summed E-state index contributed by atoms with van der Waals surface area (Å²) in [5.41, 5.74) is 1.16. The fraction of sp³-hybridized carbons (Fsp3) is 0.